The highest BCUT2D eigenvalue weighted by atomic mass is 35.5. The molecule has 0 aliphatic heterocycles. The van der Waals surface area contributed by atoms with Gasteiger partial charge in [-0.15, -0.1) is 0 Å². The molecule has 2 aromatic rings. The Kier molecular flexibility index (Phi) is 3.54. The molecule has 0 radical (unpaired) electrons. The summed E-state index contributed by atoms with van der Waals surface area (Å²) in [6.07, 6.45) is -4.40. The van der Waals surface area contributed by atoms with Crippen LogP contribution in [0.5, 0.6) is 0 Å². The van der Waals surface area contributed by atoms with Crippen LogP contribution in [0.25, 0.3) is 11.0 Å². The van der Waals surface area contributed by atoms with Gasteiger partial charge in [0.05, 0.1) is 0 Å². The highest BCUT2D eigenvalue weighted by Crippen LogP contribution is 2.35. The zero-order valence-electron chi connectivity index (χ0n) is 9.51. The van der Waals surface area contributed by atoms with Gasteiger partial charge in [-0.1, -0.05) is 18.5 Å². The summed E-state index contributed by atoms with van der Waals surface area (Å²) in [4.78, 5) is 0. The normalized spacial score (nSPS) is 14.1. The first-order chi connectivity index (χ1) is 8.41. The molecule has 1 aromatic carbocycles. The number of fused-ring (bicyclic) bond motifs is 1. The molecule has 0 aliphatic carbocycles. The van der Waals surface area contributed by atoms with Crippen molar-refractivity contribution in [3.63, 3.8) is 0 Å². The molecular formula is C12H11ClF3NO. The van der Waals surface area contributed by atoms with Crippen LogP contribution in [-0.4, -0.2) is 12.7 Å². The largest absolute Gasteiger partial charge is 0.459 e. The fraction of sp³-hybridized carbons (Fsp3) is 0.333. The van der Waals surface area contributed by atoms with Crippen LogP contribution in [0.1, 0.15) is 18.7 Å². The summed E-state index contributed by atoms with van der Waals surface area (Å²) in [6.45, 7) is 1.81. The third-order valence-electron chi connectivity index (χ3n) is 2.52. The van der Waals surface area contributed by atoms with Gasteiger partial charge in [0.1, 0.15) is 11.3 Å². The summed E-state index contributed by atoms with van der Waals surface area (Å²) < 4.78 is 43.8. The topological polar surface area (TPSA) is 25.2 Å². The maximum Gasteiger partial charge on any atom is 0.410 e. The number of furan rings is 1. The summed E-state index contributed by atoms with van der Waals surface area (Å²) in [7, 11) is 0. The maximum absolute atomic E-state index is 12.9. The monoisotopic (exact) mass is 277 g/mol. The zero-order chi connectivity index (χ0) is 13.3. The first-order valence-electron chi connectivity index (χ1n) is 5.41. The third kappa shape index (κ3) is 2.62. The lowest BCUT2D eigenvalue weighted by Crippen LogP contribution is -2.33. The van der Waals surface area contributed by atoms with E-state index in [0.717, 1.165) is 0 Å². The molecule has 1 unspecified atom stereocenters. The van der Waals surface area contributed by atoms with Crippen LogP contribution in [0.4, 0.5) is 13.2 Å². The van der Waals surface area contributed by atoms with E-state index in [1.54, 1.807) is 25.1 Å². The fourth-order valence-corrected chi connectivity index (χ4v) is 1.94. The number of hydrogen-bond donors (Lipinski definition) is 1. The maximum atomic E-state index is 12.9. The summed E-state index contributed by atoms with van der Waals surface area (Å²) >= 11 is 5.78. The van der Waals surface area contributed by atoms with Crippen molar-refractivity contribution in [2.45, 2.75) is 19.1 Å². The first-order valence-corrected chi connectivity index (χ1v) is 5.78. The van der Waals surface area contributed by atoms with E-state index in [0.29, 0.717) is 16.0 Å². The molecule has 0 bridgehead atoms. The molecule has 0 fully saturated rings. The number of hydrogen-bond acceptors (Lipinski definition) is 2. The Hall–Kier alpha value is -1.20. The van der Waals surface area contributed by atoms with Gasteiger partial charge >= 0.3 is 6.18 Å². The highest BCUT2D eigenvalue weighted by Gasteiger charge is 2.42. The molecule has 1 atom stereocenters. The van der Waals surface area contributed by atoms with Gasteiger partial charge < -0.3 is 9.73 Å². The van der Waals surface area contributed by atoms with Gasteiger partial charge in [-0.3, -0.25) is 0 Å². The van der Waals surface area contributed by atoms with E-state index >= 15 is 0 Å². The van der Waals surface area contributed by atoms with Crippen LogP contribution in [-0.2, 0) is 0 Å². The molecule has 2 rings (SSSR count). The Morgan fingerprint density at radius 1 is 1.33 bits per heavy atom. The summed E-state index contributed by atoms with van der Waals surface area (Å²) in [5, 5.41) is 3.38. The molecule has 0 spiro atoms. The Morgan fingerprint density at radius 2 is 2.06 bits per heavy atom. The zero-order valence-corrected chi connectivity index (χ0v) is 10.3. The molecule has 1 heterocycles. The second kappa shape index (κ2) is 4.82. The Labute approximate surface area is 107 Å². The molecule has 0 amide bonds. The van der Waals surface area contributed by atoms with E-state index in [4.69, 9.17) is 16.0 Å². The Morgan fingerprint density at radius 3 is 2.67 bits per heavy atom. The van der Waals surface area contributed by atoms with Crippen molar-refractivity contribution in [3.05, 3.63) is 35.0 Å². The molecule has 2 nitrogen and oxygen atoms in total. The van der Waals surface area contributed by atoms with E-state index in [1.165, 1.54) is 6.07 Å². The van der Waals surface area contributed by atoms with Gasteiger partial charge in [0.15, 0.2) is 6.04 Å². The van der Waals surface area contributed by atoms with E-state index in [2.05, 4.69) is 5.32 Å². The van der Waals surface area contributed by atoms with Crippen molar-refractivity contribution in [1.82, 2.24) is 5.32 Å². The average molecular weight is 278 g/mol. The van der Waals surface area contributed by atoms with E-state index < -0.39 is 12.2 Å². The van der Waals surface area contributed by atoms with Gasteiger partial charge in [0.2, 0.25) is 0 Å². The molecule has 0 saturated heterocycles. The summed E-state index contributed by atoms with van der Waals surface area (Å²) in [5.74, 6) is -0.151. The smallest absolute Gasteiger partial charge is 0.410 e. The minimum atomic E-state index is -4.40. The minimum Gasteiger partial charge on any atom is -0.459 e. The number of alkyl halides is 3. The van der Waals surface area contributed by atoms with Crippen LogP contribution < -0.4 is 5.32 Å². The Balaban J connectivity index is 2.44. The number of rotatable bonds is 3. The van der Waals surface area contributed by atoms with Crippen LogP contribution in [0, 0.1) is 0 Å². The summed E-state index contributed by atoms with van der Waals surface area (Å²) in [5.41, 5.74) is 0.390. The standard InChI is InChI=1S/C12H11ClF3NO/c1-2-17-11(12(14,15)16)10-6-7-5-8(13)3-4-9(7)18-10/h3-6,11,17H,2H2,1H3. The van der Waals surface area contributed by atoms with Crippen molar-refractivity contribution >= 4 is 22.6 Å². The summed E-state index contributed by atoms with van der Waals surface area (Å²) in [6, 6.07) is 4.27. The third-order valence-corrected chi connectivity index (χ3v) is 2.75. The van der Waals surface area contributed by atoms with E-state index in [1.807, 2.05) is 0 Å². The predicted molar refractivity (Wildman–Crippen MR) is 63.7 cm³/mol. The van der Waals surface area contributed by atoms with Crippen molar-refractivity contribution < 1.29 is 17.6 Å². The highest BCUT2D eigenvalue weighted by molar-refractivity contribution is 6.31. The molecule has 1 aromatic heterocycles. The molecule has 18 heavy (non-hydrogen) atoms. The minimum absolute atomic E-state index is 0.151. The lowest BCUT2D eigenvalue weighted by atomic mass is 10.2. The van der Waals surface area contributed by atoms with Gasteiger partial charge in [-0.25, -0.2) is 0 Å². The average Bonchev–Trinajstić information content (AvgIpc) is 2.66. The lowest BCUT2D eigenvalue weighted by Gasteiger charge is -2.18. The van der Waals surface area contributed by atoms with Gasteiger partial charge in [-0.05, 0) is 30.8 Å². The first kappa shape index (κ1) is 13.2. The lowest BCUT2D eigenvalue weighted by molar-refractivity contribution is -0.161. The fourth-order valence-electron chi connectivity index (χ4n) is 1.76. The second-order valence-electron chi connectivity index (χ2n) is 3.86. The predicted octanol–water partition coefficient (Wildman–Crippen LogP) is 4.30. The van der Waals surface area contributed by atoms with Crippen molar-refractivity contribution in [2.24, 2.45) is 0 Å². The van der Waals surface area contributed by atoms with E-state index in [9.17, 15) is 13.2 Å². The van der Waals surface area contributed by atoms with E-state index in [-0.39, 0.29) is 12.3 Å². The van der Waals surface area contributed by atoms with Crippen LogP contribution in [0.2, 0.25) is 5.02 Å². The van der Waals surface area contributed by atoms with Gasteiger partial charge in [0, 0.05) is 10.4 Å². The van der Waals surface area contributed by atoms with Crippen molar-refractivity contribution in [1.29, 1.82) is 0 Å². The molecule has 98 valence electrons. The number of nitrogens with one attached hydrogen (secondary N) is 1. The molecule has 1 N–H and O–H groups in total. The van der Waals surface area contributed by atoms with Gasteiger partial charge in [0.25, 0.3) is 0 Å². The number of benzene rings is 1. The van der Waals surface area contributed by atoms with Crippen molar-refractivity contribution in [2.75, 3.05) is 6.54 Å². The van der Waals surface area contributed by atoms with Crippen molar-refractivity contribution in [3.8, 4) is 0 Å². The van der Waals surface area contributed by atoms with Crippen LogP contribution in [0.15, 0.2) is 28.7 Å². The second-order valence-corrected chi connectivity index (χ2v) is 4.30. The quantitative estimate of drug-likeness (QED) is 0.905. The molecule has 6 heteroatoms. The van der Waals surface area contributed by atoms with Gasteiger partial charge in [-0.2, -0.15) is 13.2 Å². The molecular weight excluding hydrogens is 267 g/mol. The van der Waals surface area contributed by atoms with Crippen LogP contribution in [0.3, 0.4) is 0 Å². The molecule has 0 saturated carbocycles. The Bertz CT molecular complexity index is 550. The molecule has 0 aliphatic rings. The van der Waals surface area contributed by atoms with Crippen LogP contribution >= 0.6 is 11.6 Å². The number of halogens is 4. The SMILES string of the molecule is CCNC(c1cc2cc(Cl)ccc2o1)C(F)(F)F.